The summed E-state index contributed by atoms with van der Waals surface area (Å²) in [5.74, 6) is 2.84. The minimum atomic E-state index is -0.245. The van der Waals surface area contributed by atoms with Gasteiger partial charge in [0.15, 0.2) is 6.61 Å². The van der Waals surface area contributed by atoms with Crippen LogP contribution in [0.1, 0.15) is 10.1 Å². The van der Waals surface area contributed by atoms with Crippen LogP contribution in [0.2, 0.25) is 5.02 Å². The molecule has 0 radical (unpaired) electrons. The first-order chi connectivity index (χ1) is 11.6. The lowest BCUT2D eigenvalue weighted by Crippen LogP contribution is -2.20. The molecule has 1 saturated heterocycles. The zero-order valence-corrected chi connectivity index (χ0v) is 16.6. The van der Waals surface area contributed by atoms with Gasteiger partial charge < -0.3 is 10.1 Å². The number of ether oxygens (including phenoxy) is 1. The molecule has 126 valence electrons. The highest BCUT2D eigenvalue weighted by atomic mass is 79.9. The van der Waals surface area contributed by atoms with Crippen LogP contribution < -0.4 is 10.1 Å². The van der Waals surface area contributed by atoms with Gasteiger partial charge in [0.05, 0.1) is 15.3 Å². The van der Waals surface area contributed by atoms with E-state index >= 15 is 0 Å². The van der Waals surface area contributed by atoms with Gasteiger partial charge in [-0.1, -0.05) is 39.7 Å². The molecule has 0 aliphatic carbocycles. The Balaban J connectivity index is 1.52. The summed E-state index contributed by atoms with van der Waals surface area (Å²) in [6.45, 7) is -0.0569. The molecule has 7 heteroatoms. The first kappa shape index (κ1) is 18.0. The average Bonchev–Trinajstić information content (AvgIpc) is 3.11. The first-order valence-electron chi connectivity index (χ1n) is 7.33. The van der Waals surface area contributed by atoms with Crippen molar-refractivity contribution >= 4 is 62.6 Å². The fourth-order valence-electron chi connectivity index (χ4n) is 2.20. The van der Waals surface area contributed by atoms with Gasteiger partial charge in [0.1, 0.15) is 5.75 Å². The van der Waals surface area contributed by atoms with E-state index in [0.29, 0.717) is 21.0 Å². The molecule has 0 saturated carbocycles. The fraction of sp³-hybridized carbons (Fsp3) is 0.235. The number of carbonyl (C=O) groups is 1. The zero-order chi connectivity index (χ0) is 16.9. The summed E-state index contributed by atoms with van der Waals surface area (Å²) in [5, 5.41) is 3.22. The molecule has 3 rings (SSSR count). The number of rotatable bonds is 5. The van der Waals surface area contributed by atoms with Gasteiger partial charge in [-0.05, 0) is 35.9 Å². The van der Waals surface area contributed by atoms with Gasteiger partial charge in [-0.15, -0.1) is 23.5 Å². The van der Waals surface area contributed by atoms with Crippen LogP contribution in [0.15, 0.2) is 46.9 Å². The maximum atomic E-state index is 12.0. The summed E-state index contributed by atoms with van der Waals surface area (Å²) in [6.07, 6.45) is 0. The third kappa shape index (κ3) is 4.85. The Morgan fingerprint density at radius 3 is 2.58 bits per heavy atom. The summed E-state index contributed by atoms with van der Waals surface area (Å²) in [5.41, 5.74) is 1.86. The van der Waals surface area contributed by atoms with Crippen molar-refractivity contribution in [2.24, 2.45) is 0 Å². The Kier molecular flexibility index (Phi) is 6.38. The van der Waals surface area contributed by atoms with Crippen LogP contribution in [0.25, 0.3) is 0 Å². The van der Waals surface area contributed by atoms with Crippen LogP contribution in [0.5, 0.6) is 5.75 Å². The van der Waals surface area contributed by atoms with E-state index in [1.807, 2.05) is 41.7 Å². The van der Waals surface area contributed by atoms with Crippen LogP contribution in [0.3, 0.4) is 0 Å². The number of thioether (sulfide) groups is 2. The molecule has 1 amide bonds. The van der Waals surface area contributed by atoms with Gasteiger partial charge in [-0.25, -0.2) is 0 Å². The molecule has 0 aromatic heterocycles. The minimum Gasteiger partial charge on any atom is -0.484 e. The second-order valence-corrected chi connectivity index (χ2v) is 9.15. The third-order valence-corrected chi connectivity index (χ3v) is 7.26. The number of anilines is 1. The topological polar surface area (TPSA) is 38.3 Å². The van der Waals surface area contributed by atoms with Gasteiger partial charge in [-0.3, -0.25) is 4.79 Å². The fourth-order valence-corrected chi connectivity index (χ4v) is 5.78. The number of benzene rings is 2. The van der Waals surface area contributed by atoms with Gasteiger partial charge >= 0.3 is 0 Å². The number of nitrogens with one attached hydrogen (secondary N) is 1. The summed E-state index contributed by atoms with van der Waals surface area (Å²) in [4.78, 5) is 12.0. The molecule has 2 aromatic carbocycles. The van der Waals surface area contributed by atoms with E-state index in [0.717, 1.165) is 4.47 Å². The van der Waals surface area contributed by atoms with Gasteiger partial charge in [0, 0.05) is 16.0 Å². The number of hydrogen-bond acceptors (Lipinski definition) is 4. The lowest BCUT2D eigenvalue weighted by molar-refractivity contribution is -0.118. The first-order valence-corrected chi connectivity index (χ1v) is 10.6. The third-order valence-electron chi connectivity index (χ3n) is 3.35. The molecule has 1 N–H and O–H groups in total. The Morgan fingerprint density at radius 1 is 1.21 bits per heavy atom. The summed E-state index contributed by atoms with van der Waals surface area (Å²) in [6, 6.07) is 13.2. The molecule has 1 heterocycles. The molecule has 2 aromatic rings. The number of carbonyl (C=O) groups excluding carboxylic acids is 1. The van der Waals surface area contributed by atoms with E-state index in [2.05, 4.69) is 33.4 Å². The summed E-state index contributed by atoms with van der Waals surface area (Å²) >= 11 is 13.3. The van der Waals surface area contributed by atoms with Gasteiger partial charge in [0.2, 0.25) is 0 Å². The standard InChI is InChI=1S/C17H15BrClNO2S2/c18-12-3-6-15(14(19)9-12)20-16(21)10-22-13-4-1-11(2-5-13)17-23-7-8-24-17/h1-6,9,17H,7-8,10H2,(H,20,21). The Labute approximate surface area is 163 Å². The van der Waals surface area contributed by atoms with E-state index in [1.165, 1.54) is 17.1 Å². The van der Waals surface area contributed by atoms with Crippen molar-refractivity contribution in [2.45, 2.75) is 4.58 Å². The van der Waals surface area contributed by atoms with Gasteiger partial charge in [0.25, 0.3) is 5.91 Å². The molecule has 0 bridgehead atoms. The predicted octanol–water partition coefficient (Wildman–Crippen LogP) is 5.60. The molecule has 0 atom stereocenters. The molecule has 1 fully saturated rings. The maximum absolute atomic E-state index is 12.0. The number of halogens is 2. The second kappa shape index (κ2) is 8.52. The van der Waals surface area contributed by atoms with Gasteiger partial charge in [-0.2, -0.15) is 0 Å². The highest BCUT2D eigenvalue weighted by Gasteiger charge is 2.18. The van der Waals surface area contributed by atoms with Crippen molar-refractivity contribution in [1.29, 1.82) is 0 Å². The highest BCUT2D eigenvalue weighted by molar-refractivity contribution is 9.10. The number of amides is 1. The molecule has 0 unspecified atom stereocenters. The van der Waals surface area contributed by atoms with E-state index in [-0.39, 0.29) is 12.5 Å². The predicted molar refractivity (Wildman–Crippen MR) is 107 cm³/mol. The van der Waals surface area contributed by atoms with Crippen LogP contribution in [0, 0.1) is 0 Å². The Morgan fingerprint density at radius 2 is 1.92 bits per heavy atom. The van der Waals surface area contributed by atoms with Crippen LogP contribution in [0.4, 0.5) is 5.69 Å². The van der Waals surface area contributed by atoms with Crippen molar-refractivity contribution < 1.29 is 9.53 Å². The van der Waals surface area contributed by atoms with E-state index in [9.17, 15) is 4.79 Å². The van der Waals surface area contributed by atoms with Crippen LogP contribution in [-0.4, -0.2) is 24.0 Å². The normalized spacial score (nSPS) is 14.6. The second-order valence-electron chi connectivity index (χ2n) is 5.10. The van der Waals surface area contributed by atoms with Crippen molar-refractivity contribution in [1.82, 2.24) is 0 Å². The highest BCUT2D eigenvalue weighted by Crippen LogP contribution is 2.45. The molecular weight excluding hydrogens is 430 g/mol. The molecule has 1 aliphatic heterocycles. The van der Waals surface area contributed by atoms with Crippen molar-refractivity contribution in [2.75, 3.05) is 23.4 Å². The molecule has 24 heavy (non-hydrogen) atoms. The van der Waals surface area contributed by atoms with E-state index in [4.69, 9.17) is 16.3 Å². The SMILES string of the molecule is O=C(COc1ccc(C2SCCS2)cc1)Nc1ccc(Br)cc1Cl. The smallest absolute Gasteiger partial charge is 0.262 e. The van der Waals surface area contributed by atoms with Crippen molar-refractivity contribution in [3.63, 3.8) is 0 Å². The Bertz CT molecular complexity index is 721. The quantitative estimate of drug-likeness (QED) is 0.651. The summed E-state index contributed by atoms with van der Waals surface area (Å²) in [7, 11) is 0. The van der Waals surface area contributed by atoms with E-state index in [1.54, 1.807) is 12.1 Å². The van der Waals surface area contributed by atoms with Crippen LogP contribution in [-0.2, 0) is 4.79 Å². The Hall–Kier alpha value is -0.820. The zero-order valence-electron chi connectivity index (χ0n) is 12.6. The molecule has 0 spiro atoms. The maximum Gasteiger partial charge on any atom is 0.262 e. The largest absolute Gasteiger partial charge is 0.484 e. The molecular formula is C17H15BrClNO2S2. The lowest BCUT2D eigenvalue weighted by atomic mass is 10.2. The van der Waals surface area contributed by atoms with E-state index < -0.39 is 0 Å². The summed E-state index contributed by atoms with van der Waals surface area (Å²) < 4.78 is 6.92. The monoisotopic (exact) mass is 443 g/mol. The average molecular weight is 445 g/mol. The van der Waals surface area contributed by atoms with Crippen LogP contribution >= 0.6 is 51.1 Å². The lowest BCUT2D eigenvalue weighted by Gasteiger charge is -2.11. The van der Waals surface area contributed by atoms with Crippen molar-refractivity contribution in [3.05, 3.63) is 57.5 Å². The number of hydrogen-bond donors (Lipinski definition) is 1. The molecule has 3 nitrogen and oxygen atoms in total. The molecule has 1 aliphatic rings. The minimum absolute atomic E-state index is 0.0569. The van der Waals surface area contributed by atoms with Crippen molar-refractivity contribution in [3.8, 4) is 5.75 Å².